The summed E-state index contributed by atoms with van der Waals surface area (Å²) in [5.41, 5.74) is 5.61. The molecule has 0 aliphatic carbocycles. The number of ether oxygens (including phenoxy) is 2. The molecule has 1 aliphatic heterocycles. The van der Waals surface area contributed by atoms with Crippen molar-refractivity contribution in [3.63, 3.8) is 0 Å². The summed E-state index contributed by atoms with van der Waals surface area (Å²) in [6, 6.07) is 22.3. The fourth-order valence-corrected chi connectivity index (χ4v) is 4.98. The highest BCUT2D eigenvalue weighted by Crippen LogP contribution is 2.32. The predicted molar refractivity (Wildman–Crippen MR) is 142 cm³/mol. The average molecular weight is 484 g/mol. The molecule has 6 heteroatoms. The predicted octanol–water partition coefficient (Wildman–Crippen LogP) is 5.65. The number of rotatable bonds is 9. The fraction of sp³-hybridized carbons (Fsp3) is 0.333. The van der Waals surface area contributed by atoms with Gasteiger partial charge >= 0.3 is 0 Å². The van der Waals surface area contributed by atoms with Gasteiger partial charge in [0.15, 0.2) is 0 Å². The molecule has 6 nitrogen and oxygen atoms in total. The quantitative estimate of drug-likeness (QED) is 0.289. The minimum absolute atomic E-state index is 0.0723. The van der Waals surface area contributed by atoms with Crippen LogP contribution in [0.2, 0.25) is 0 Å². The number of benzene rings is 3. The Morgan fingerprint density at radius 2 is 1.81 bits per heavy atom. The third-order valence-corrected chi connectivity index (χ3v) is 7.13. The highest BCUT2D eigenvalue weighted by atomic mass is 16.5. The SMILES string of the molecule is COc1ccc(CN2CC(c3nc4ccccc4n3CCCOc3cccc(C)c3C)CC2=O)cc1. The van der Waals surface area contributed by atoms with Gasteiger partial charge < -0.3 is 18.9 Å². The number of imidazole rings is 1. The van der Waals surface area contributed by atoms with E-state index in [1.165, 1.54) is 11.1 Å². The molecule has 1 aromatic heterocycles. The van der Waals surface area contributed by atoms with Crippen LogP contribution in [0.25, 0.3) is 11.0 Å². The Labute approximate surface area is 212 Å². The van der Waals surface area contributed by atoms with Crippen molar-refractivity contribution in [3.05, 3.63) is 89.2 Å². The Hall–Kier alpha value is -3.80. The van der Waals surface area contributed by atoms with Gasteiger partial charge in [-0.05, 0) is 67.3 Å². The van der Waals surface area contributed by atoms with E-state index in [-0.39, 0.29) is 11.8 Å². The van der Waals surface area contributed by atoms with Crippen LogP contribution in [0.5, 0.6) is 11.5 Å². The molecule has 0 spiro atoms. The highest BCUT2D eigenvalue weighted by molar-refractivity contribution is 5.81. The lowest BCUT2D eigenvalue weighted by atomic mass is 10.1. The molecule has 1 atom stereocenters. The summed E-state index contributed by atoms with van der Waals surface area (Å²) in [7, 11) is 1.66. The van der Waals surface area contributed by atoms with Crippen molar-refractivity contribution in [2.24, 2.45) is 0 Å². The van der Waals surface area contributed by atoms with Crippen molar-refractivity contribution in [2.45, 2.75) is 45.7 Å². The largest absolute Gasteiger partial charge is 0.497 e. The molecule has 0 bridgehead atoms. The third-order valence-electron chi connectivity index (χ3n) is 7.13. The summed E-state index contributed by atoms with van der Waals surface area (Å²) >= 11 is 0. The average Bonchev–Trinajstić information content (AvgIpc) is 3.44. The van der Waals surface area contributed by atoms with Gasteiger partial charge in [0.2, 0.25) is 5.91 Å². The molecule has 0 N–H and O–H groups in total. The maximum absolute atomic E-state index is 12.9. The summed E-state index contributed by atoms with van der Waals surface area (Å²) in [5.74, 6) is 3.00. The third kappa shape index (κ3) is 4.94. The molecule has 0 radical (unpaired) electrons. The minimum atomic E-state index is 0.0723. The molecule has 1 amide bonds. The summed E-state index contributed by atoms with van der Waals surface area (Å²) in [4.78, 5) is 19.9. The van der Waals surface area contributed by atoms with Gasteiger partial charge in [0.1, 0.15) is 17.3 Å². The maximum Gasteiger partial charge on any atom is 0.223 e. The first-order valence-corrected chi connectivity index (χ1v) is 12.6. The van der Waals surface area contributed by atoms with Crippen molar-refractivity contribution in [3.8, 4) is 11.5 Å². The zero-order valence-electron chi connectivity index (χ0n) is 21.2. The number of likely N-dealkylation sites (tertiary alicyclic amines) is 1. The van der Waals surface area contributed by atoms with Gasteiger partial charge in [0, 0.05) is 32.0 Å². The first kappa shape index (κ1) is 23.9. The topological polar surface area (TPSA) is 56.6 Å². The van der Waals surface area contributed by atoms with E-state index >= 15 is 0 Å². The number of aromatic nitrogens is 2. The van der Waals surface area contributed by atoms with Crippen molar-refractivity contribution in [2.75, 3.05) is 20.3 Å². The number of fused-ring (bicyclic) bond motifs is 1. The second kappa shape index (κ2) is 10.4. The van der Waals surface area contributed by atoms with Gasteiger partial charge in [0.05, 0.1) is 24.8 Å². The van der Waals surface area contributed by atoms with Crippen molar-refractivity contribution >= 4 is 16.9 Å². The number of amides is 1. The van der Waals surface area contributed by atoms with Crippen LogP contribution in [0.3, 0.4) is 0 Å². The Bertz CT molecular complexity index is 1360. The Balaban J connectivity index is 1.29. The Kier molecular flexibility index (Phi) is 6.94. The molecule has 1 fully saturated rings. The number of hydrogen-bond donors (Lipinski definition) is 0. The fourth-order valence-electron chi connectivity index (χ4n) is 4.98. The van der Waals surface area contributed by atoms with Crippen molar-refractivity contribution in [1.29, 1.82) is 0 Å². The number of para-hydroxylation sites is 2. The highest BCUT2D eigenvalue weighted by Gasteiger charge is 2.34. The number of methoxy groups -OCH3 is 1. The van der Waals surface area contributed by atoms with E-state index in [2.05, 4.69) is 30.5 Å². The summed E-state index contributed by atoms with van der Waals surface area (Å²) in [5, 5.41) is 0. The van der Waals surface area contributed by atoms with E-state index in [0.717, 1.165) is 46.9 Å². The zero-order valence-corrected chi connectivity index (χ0v) is 21.2. The second-order valence-corrected chi connectivity index (χ2v) is 9.53. The van der Waals surface area contributed by atoms with Gasteiger partial charge in [0.25, 0.3) is 0 Å². The molecule has 0 saturated carbocycles. The summed E-state index contributed by atoms with van der Waals surface area (Å²) in [6.07, 6.45) is 1.34. The van der Waals surface area contributed by atoms with Crippen molar-refractivity contribution in [1.82, 2.24) is 14.5 Å². The van der Waals surface area contributed by atoms with E-state index in [1.807, 2.05) is 59.5 Å². The van der Waals surface area contributed by atoms with E-state index in [4.69, 9.17) is 14.5 Å². The molecule has 1 aliphatic rings. The molecule has 186 valence electrons. The Morgan fingerprint density at radius 3 is 2.61 bits per heavy atom. The zero-order chi connectivity index (χ0) is 25.1. The van der Waals surface area contributed by atoms with Crippen LogP contribution in [0.4, 0.5) is 0 Å². The molecule has 3 aromatic carbocycles. The maximum atomic E-state index is 12.9. The van der Waals surface area contributed by atoms with Crippen molar-refractivity contribution < 1.29 is 14.3 Å². The lowest BCUT2D eigenvalue weighted by Gasteiger charge is -2.18. The Morgan fingerprint density at radius 1 is 1.00 bits per heavy atom. The summed E-state index contributed by atoms with van der Waals surface area (Å²) in [6.45, 7) is 6.90. The van der Waals surface area contributed by atoms with Gasteiger partial charge in [-0.1, -0.05) is 36.4 Å². The van der Waals surface area contributed by atoms with Crippen LogP contribution >= 0.6 is 0 Å². The van der Waals surface area contributed by atoms with Crippen LogP contribution in [-0.4, -0.2) is 40.6 Å². The number of carbonyl (C=O) groups excluding carboxylic acids is 1. The number of aryl methyl sites for hydroxylation is 2. The molecule has 36 heavy (non-hydrogen) atoms. The molecule has 1 unspecified atom stereocenters. The van der Waals surface area contributed by atoms with E-state index in [0.29, 0.717) is 26.1 Å². The molecule has 4 aromatic rings. The summed E-state index contributed by atoms with van der Waals surface area (Å²) < 4.78 is 13.6. The van der Waals surface area contributed by atoms with Crippen LogP contribution in [0, 0.1) is 13.8 Å². The first-order chi connectivity index (χ1) is 17.5. The molecular weight excluding hydrogens is 450 g/mol. The van der Waals surface area contributed by atoms with Gasteiger partial charge in [-0.3, -0.25) is 4.79 Å². The first-order valence-electron chi connectivity index (χ1n) is 12.6. The van der Waals surface area contributed by atoms with Crippen LogP contribution in [0.1, 0.15) is 41.3 Å². The van der Waals surface area contributed by atoms with Gasteiger partial charge in [-0.25, -0.2) is 4.98 Å². The number of nitrogens with zero attached hydrogens (tertiary/aromatic N) is 3. The number of hydrogen-bond acceptors (Lipinski definition) is 4. The van der Waals surface area contributed by atoms with E-state index < -0.39 is 0 Å². The molecule has 5 rings (SSSR count). The smallest absolute Gasteiger partial charge is 0.223 e. The van der Waals surface area contributed by atoms with Crippen LogP contribution in [0.15, 0.2) is 66.7 Å². The van der Waals surface area contributed by atoms with E-state index in [9.17, 15) is 4.79 Å². The monoisotopic (exact) mass is 483 g/mol. The standard InChI is InChI=1S/C30H33N3O3/c1-21-8-6-11-28(22(21)2)36-17-7-16-33-27-10-5-4-9-26(27)31-30(33)24-18-29(34)32(20-24)19-23-12-14-25(35-3)15-13-23/h4-6,8-15,24H,7,16-20H2,1-3H3. The lowest BCUT2D eigenvalue weighted by molar-refractivity contribution is -0.128. The van der Waals surface area contributed by atoms with Gasteiger partial charge in [-0.2, -0.15) is 0 Å². The lowest BCUT2D eigenvalue weighted by Crippen LogP contribution is -2.24. The van der Waals surface area contributed by atoms with Crippen LogP contribution < -0.4 is 9.47 Å². The van der Waals surface area contributed by atoms with Gasteiger partial charge in [-0.15, -0.1) is 0 Å². The molecular formula is C30H33N3O3. The number of carbonyl (C=O) groups is 1. The van der Waals surface area contributed by atoms with Crippen LogP contribution in [-0.2, 0) is 17.9 Å². The molecule has 1 saturated heterocycles. The molecule has 2 heterocycles. The van der Waals surface area contributed by atoms with E-state index in [1.54, 1.807) is 7.11 Å². The minimum Gasteiger partial charge on any atom is -0.497 e. The second-order valence-electron chi connectivity index (χ2n) is 9.53. The normalized spacial score (nSPS) is 15.6.